The van der Waals surface area contributed by atoms with Gasteiger partial charge < -0.3 is 14.7 Å². The van der Waals surface area contributed by atoms with Gasteiger partial charge in [-0.1, -0.05) is 30.3 Å². The molecule has 0 aromatic heterocycles. The first-order valence-corrected chi connectivity index (χ1v) is 7.46. The van der Waals surface area contributed by atoms with Crippen molar-refractivity contribution in [2.24, 2.45) is 5.41 Å². The van der Waals surface area contributed by atoms with E-state index < -0.39 is 5.60 Å². The molecule has 1 aromatic rings. The number of likely N-dealkylation sites (tertiary alicyclic amines) is 1. The van der Waals surface area contributed by atoms with Crippen LogP contribution in [0.4, 0.5) is 4.79 Å². The van der Waals surface area contributed by atoms with Crippen LogP contribution in [0.2, 0.25) is 0 Å². The SMILES string of the molecule is CC(C)(C)OC(=O)N1CC(CO)(CCc2ccccc2)C1. The number of aliphatic hydroxyl groups is 1. The van der Waals surface area contributed by atoms with E-state index in [0.717, 1.165) is 12.8 Å². The Kier molecular flexibility index (Phi) is 4.57. The van der Waals surface area contributed by atoms with Gasteiger partial charge in [0.25, 0.3) is 0 Å². The van der Waals surface area contributed by atoms with Gasteiger partial charge in [0.1, 0.15) is 5.60 Å². The first-order chi connectivity index (χ1) is 9.84. The normalized spacial score (nSPS) is 17.2. The Bertz CT molecular complexity index is 473. The molecule has 0 radical (unpaired) electrons. The molecule has 1 amide bonds. The summed E-state index contributed by atoms with van der Waals surface area (Å²) in [6.07, 6.45) is 1.52. The Hall–Kier alpha value is -1.55. The molecular weight excluding hydrogens is 266 g/mol. The second kappa shape index (κ2) is 6.06. The summed E-state index contributed by atoms with van der Waals surface area (Å²) in [5, 5.41) is 9.67. The molecule has 0 spiro atoms. The predicted octanol–water partition coefficient (Wildman–Crippen LogP) is 2.85. The lowest BCUT2D eigenvalue weighted by molar-refractivity contribution is -0.0593. The van der Waals surface area contributed by atoms with Gasteiger partial charge >= 0.3 is 6.09 Å². The zero-order valence-electron chi connectivity index (χ0n) is 13.1. The van der Waals surface area contributed by atoms with Crippen molar-refractivity contribution in [3.63, 3.8) is 0 Å². The smallest absolute Gasteiger partial charge is 0.410 e. The highest BCUT2D eigenvalue weighted by Crippen LogP contribution is 2.35. The van der Waals surface area contributed by atoms with E-state index in [2.05, 4.69) is 12.1 Å². The number of aliphatic hydroxyl groups excluding tert-OH is 1. The number of amides is 1. The van der Waals surface area contributed by atoms with Gasteiger partial charge in [0.2, 0.25) is 0 Å². The molecule has 1 aliphatic rings. The second-order valence-electron chi connectivity index (χ2n) is 6.98. The lowest BCUT2D eigenvalue weighted by Crippen LogP contribution is -2.61. The summed E-state index contributed by atoms with van der Waals surface area (Å²) in [5.41, 5.74) is 0.617. The van der Waals surface area contributed by atoms with Crippen LogP contribution in [0.15, 0.2) is 30.3 Å². The van der Waals surface area contributed by atoms with Gasteiger partial charge in [-0.25, -0.2) is 4.79 Å². The third-order valence-electron chi connectivity index (χ3n) is 3.83. The lowest BCUT2D eigenvalue weighted by atomic mass is 9.76. The molecule has 0 saturated carbocycles. The van der Waals surface area contributed by atoms with Crippen LogP contribution < -0.4 is 0 Å². The summed E-state index contributed by atoms with van der Waals surface area (Å²) in [6, 6.07) is 10.2. The van der Waals surface area contributed by atoms with Crippen LogP contribution in [-0.2, 0) is 11.2 Å². The highest BCUT2D eigenvalue weighted by atomic mass is 16.6. The van der Waals surface area contributed by atoms with E-state index in [0.29, 0.717) is 13.1 Å². The minimum absolute atomic E-state index is 0.110. The monoisotopic (exact) mass is 291 g/mol. The second-order valence-corrected chi connectivity index (χ2v) is 6.98. The Morgan fingerprint density at radius 1 is 1.29 bits per heavy atom. The van der Waals surface area contributed by atoms with Crippen LogP contribution in [0, 0.1) is 5.41 Å². The Balaban J connectivity index is 1.84. The summed E-state index contributed by atoms with van der Waals surface area (Å²) in [7, 11) is 0. The van der Waals surface area contributed by atoms with Gasteiger partial charge in [-0.2, -0.15) is 0 Å². The molecule has 1 heterocycles. The number of carbonyl (C=O) groups is 1. The number of benzene rings is 1. The van der Waals surface area contributed by atoms with Crippen molar-refractivity contribution in [3.8, 4) is 0 Å². The number of hydrogen-bond acceptors (Lipinski definition) is 3. The molecule has 1 fully saturated rings. The molecule has 0 aliphatic carbocycles. The van der Waals surface area contributed by atoms with E-state index in [1.807, 2.05) is 39.0 Å². The van der Waals surface area contributed by atoms with Gasteiger partial charge in [-0.3, -0.25) is 0 Å². The highest BCUT2D eigenvalue weighted by Gasteiger charge is 2.45. The quantitative estimate of drug-likeness (QED) is 0.928. The predicted molar refractivity (Wildman–Crippen MR) is 82.1 cm³/mol. The van der Waals surface area contributed by atoms with Crippen LogP contribution in [0.25, 0.3) is 0 Å². The molecular formula is C17H25NO3. The fraction of sp³-hybridized carbons (Fsp3) is 0.588. The van der Waals surface area contributed by atoms with E-state index in [-0.39, 0.29) is 18.1 Å². The standard InChI is InChI=1S/C17H25NO3/c1-16(2,3)21-15(20)18-11-17(12-18,13-19)10-9-14-7-5-4-6-8-14/h4-8,19H,9-13H2,1-3H3. The van der Waals surface area contributed by atoms with Crippen molar-refractivity contribution in [2.45, 2.75) is 39.2 Å². The molecule has 0 atom stereocenters. The van der Waals surface area contributed by atoms with Crippen molar-refractivity contribution in [2.75, 3.05) is 19.7 Å². The Labute approximate surface area is 126 Å². The van der Waals surface area contributed by atoms with Crippen molar-refractivity contribution < 1.29 is 14.6 Å². The van der Waals surface area contributed by atoms with Gasteiger partial charge in [-0.15, -0.1) is 0 Å². The average Bonchev–Trinajstić information content (AvgIpc) is 2.37. The number of carbonyl (C=O) groups excluding carboxylic acids is 1. The third kappa shape index (κ3) is 4.21. The highest BCUT2D eigenvalue weighted by molar-refractivity contribution is 5.69. The van der Waals surface area contributed by atoms with Crippen LogP contribution in [0.5, 0.6) is 0 Å². The molecule has 0 unspecified atom stereocenters. The first-order valence-electron chi connectivity index (χ1n) is 7.46. The van der Waals surface area contributed by atoms with Crippen LogP contribution in [-0.4, -0.2) is 41.4 Å². The van der Waals surface area contributed by atoms with Gasteiger partial charge in [-0.05, 0) is 39.2 Å². The zero-order valence-corrected chi connectivity index (χ0v) is 13.1. The van der Waals surface area contributed by atoms with Gasteiger partial charge in [0, 0.05) is 18.5 Å². The van der Waals surface area contributed by atoms with E-state index >= 15 is 0 Å². The maximum absolute atomic E-state index is 11.9. The van der Waals surface area contributed by atoms with Crippen LogP contribution in [0.3, 0.4) is 0 Å². The van der Waals surface area contributed by atoms with Crippen molar-refractivity contribution >= 4 is 6.09 Å². The minimum atomic E-state index is -0.474. The van der Waals surface area contributed by atoms with Crippen LogP contribution >= 0.6 is 0 Å². The summed E-state index contributed by atoms with van der Waals surface area (Å²) < 4.78 is 5.35. The van der Waals surface area contributed by atoms with E-state index in [1.165, 1.54) is 5.56 Å². The fourth-order valence-corrected chi connectivity index (χ4v) is 2.61. The molecule has 2 rings (SSSR count). The molecule has 0 bridgehead atoms. The van der Waals surface area contributed by atoms with Crippen molar-refractivity contribution in [3.05, 3.63) is 35.9 Å². The molecule has 1 aliphatic heterocycles. The molecule has 116 valence electrons. The van der Waals surface area contributed by atoms with Crippen molar-refractivity contribution in [1.29, 1.82) is 0 Å². The Morgan fingerprint density at radius 2 is 1.90 bits per heavy atom. The number of hydrogen-bond donors (Lipinski definition) is 1. The number of ether oxygens (including phenoxy) is 1. The number of aryl methyl sites for hydroxylation is 1. The molecule has 4 heteroatoms. The zero-order chi connectivity index (χ0) is 15.5. The summed E-state index contributed by atoms with van der Waals surface area (Å²) >= 11 is 0. The summed E-state index contributed by atoms with van der Waals surface area (Å²) in [5.74, 6) is 0. The maximum atomic E-state index is 11.9. The molecule has 21 heavy (non-hydrogen) atoms. The fourth-order valence-electron chi connectivity index (χ4n) is 2.61. The largest absolute Gasteiger partial charge is 0.444 e. The first kappa shape index (κ1) is 15.8. The third-order valence-corrected chi connectivity index (χ3v) is 3.83. The number of rotatable bonds is 4. The maximum Gasteiger partial charge on any atom is 0.410 e. The van der Waals surface area contributed by atoms with Gasteiger partial charge in [0.05, 0.1) is 6.61 Å². The van der Waals surface area contributed by atoms with E-state index in [1.54, 1.807) is 4.90 Å². The van der Waals surface area contributed by atoms with Gasteiger partial charge in [0.15, 0.2) is 0 Å². The van der Waals surface area contributed by atoms with E-state index in [9.17, 15) is 9.90 Å². The molecule has 1 N–H and O–H groups in total. The topological polar surface area (TPSA) is 49.8 Å². The molecule has 1 saturated heterocycles. The summed E-state index contributed by atoms with van der Waals surface area (Å²) in [6.45, 7) is 6.84. The molecule has 1 aromatic carbocycles. The average molecular weight is 291 g/mol. The summed E-state index contributed by atoms with van der Waals surface area (Å²) in [4.78, 5) is 13.6. The van der Waals surface area contributed by atoms with Crippen LogP contribution in [0.1, 0.15) is 32.8 Å². The number of nitrogens with zero attached hydrogens (tertiary/aromatic N) is 1. The molecule has 4 nitrogen and oxygen atoms in total. The Morgan fingerprint density at radius 3 is 2.43 bits per heavy atom. The lowest BCUT2D eigenvalue weighted by Gasteiger charge is -2.49. The van der Waals surface area contributed by atoms with E-state index in [4.69, 9.17) is 4.74 Å². The van der Waals surface area contributed by atoms with Crippen molar-refractivity contribution in [1.82, 2.24) is 4.90 Å². The minimum Gasteiger partial charge on any atom is -0.444 e.